The second-order valence-electron chi connectivity index (χ2n) is 5.50. The van der Waals surface area contributed by atoms with Crippen molar-refractivity contribution in [1.29, 1.82) is 0 Å². The summed E-state index contributed by atoms with van der Waals surface area (Å²) in [4.78, 5) is 25.9. The van der Waals surface area contributed by atoms with E-state index in [0.29, 0.717) is 35.1 Å². The lowest BCUT2D eigenvalue weighted by Crippen LogP contribution is -2.39. The van der Waals surface area contributed by atoms with Crippen LogP contribution in [0.1, 0.15) is 33.1 Å². The molecule has 0 fully saturated rings. The number of halogens is 2. The molecule has 0 aliphatic carbocycles. The van der Waals surface area contributed by atoms with Crippen LogP contribution in [0.2, 0.25) is 10.0 Å². The largest absolute Gasteiger partial charge is 0.333 e. The Morgan fingerprint density at radius 1 is 1.35 bits per heavy atom. The van der Waals surface area contributed by atoms with E-state index in [4.69, 9.17) is 28.9 Å². The number of hydrogen-bond donors (Lipinski definition) is 2. The lowest BCUT2D eigenvalue weighted by atomic mass is 10.2. The molecule has 1 unspecified atom stereocenters. The van der Waals surface area contributed by atoms with Crippen molar-refractivity contribution in [2.75, 3.05) is 18.4 Å². The molecular formula is C16H23Cl2N3O2. The molecule has 128 valence electrons. The highest BCUT2D eigenvalue weighted by Crippen LogP contribution is 2.25. The summed E-state index contributed by atoms with van der Waals surface area (Å²) in [5.74, 6) is -0.381. The van der Waals surface area contributed by atoms with Crippen molar-refractivity contribution < 1.29 is 9.59 Å². The molecule has 2 amide bonds. The molecule has 3 N–H and O–H groups in total. The summed E-state index contributed by atoms with van der Waals surface area (Å²) in [6.45, 7) is 4.31. The van der Waals surface area contributed by atoms with E-state index >= 15 is 0 Å². The molecule has 0 bridgehead atoms. The molecule has 0 radical (unpaired) electrons. The maximum atomic E-state index is 12.2. The topological polar surface area (TPSA) is 75.4 Å². The lowest BCUT2D eigenvalue weighted by molar-refractivity contribution is -0.134. The van der Waals surface area contributed by atoms with Gasteiger partial charge in [-0.15, -0.1) is 0 Å². The summed E-state index contributed by atoms with van der Waals surface area (Å²) in [7, 11) is 0. The Kier molecular flexibility index (Phi) is 8.37. The molecule has 0 saturated heterocycles. The van der Waals surface area contributed by atoms with Gasteiger partial charge in [0, 0.05) is 24.0 Å². The van der Waals surface area contributed by atoms with Gasteiger partial charge in [-0.1, -0.05) is 30.1 Å². The van der Waals surface area contributed by atoms with E-state index in [2.05, 4.69) is 5.32 Å². The van der Waals surface area contributed by atoms with E-state index in [0.717, 1.165) is 6.42 Å². The number of amides is 2. The van der Waals surface area contributed by atoms with Crippen molar-refractivity contribution in [3.05, 3.63) is 28.2 Å². The number of carbonyl (C=O) groups excluding carboxylic acids is 2. The summed E-state index contributed by atoms with van der Waals surface area (Å²) in [5.41, 5.74) is 6.11. The van der Waals surface area contributed by atoms with Crippen LogP contribution in [0.4, 0.5) is 5.69 Å². The third-order valence-electron chi connectivity index (χ3n) is 3.20. The van der Waals surface area contributed by atoms with Gasteiger partial charge in [0.25, 0.3) is 0 Å². The van der Waals surface area contributed by atoms with Gasteiger partial charge in [0.1, 0.15) is 0 Å². The van der Waals surface area contributed by atoms with Crippen LogP contribution in [-0.4, -0.2) is 35.8 Å². The van der Waals surface area contributed by atoms with E-state index in [-0.39, 0.29) is 24.4 Å². The summed E-state index contributed by atoms with van der Waals surface area (Å²) in [6, 6.07) is 4.78. The SMILES string of the molecule is CCCN(CC(=O)Nc1cc(Cl)ccc1Cl)C(=O)CCC(C)N. The molecular weight excluding hydrogens is 337 g/mol. The normalized spacial score (nSPS) is 11.9. The van der Waals surface area contributed by atoms with Crippen molar-refractivity contribution in [2.24, 2.45) is 5.73 Å². The Balaban J connectivity index is 2.66. The lowest BCUT2D eigenvalue weighted by Gasteiger charge is -2.22. The van der Waals surface area contributed by atoms with Gasteiger partial charge in [-0.3, -0.25) is 9.59 Å². The first-order chi connectivity index (χ1) is 10.8. The third-order valence-corrected chi connectivity index (χ3v) is 3.76. The number of anilines is 1. The molecule has 0 saturated carbocycles. The van der Waals surface area contributed by atoms with E-state index in [1.165, 1.54) is 4.90 Å². The van der Waals surface area contributed by atoms with E-state index in [9.17, 15) is 9.59 Å². The van der Waals surface area contributed by atoms with Crippen molar-refractivity contribution in [1.82, 2.24) is 4.90 Å². The van der Waals surface area contributed by atoms with Crippen LogP contribution in [0.3, 0.4) is 0 Å². The molecule has 1 aromatic rings. The number of hydrogen-bond acceptors (Lipinski definition) is 3. The van der Waals surface area contributed by atoms with Crippen LogP contribution in [0.25, 0.3) is 0 Å². The first-order valence-electron chi connectivity index (χ1n) is 7.61. The molecule has 0 aliphatic rings. The average Bonchev–Trinajstić information content (AvgIpc) is 2.48. The smallest absolute Gasteiger partial charge is 0.244 e. The molecule has 5 nitrogen and oxygen atoms in total. The van der Waals surface area contributed by atoms with Gasteiger partial charge in [0.15, 0.2) is 0 Å². The van der Waals surface area contributed by atoms with Gasteiger partial charge in [0.05, 0.1) is 17.3 Å². The molecule has 7 heteroatoms. The van der Waals surface area contributed by atoms with Crippen LogP contribution in [0.15, 0.2) is 18.2 Å². The zero-order chi connectivity index (χ0) is 17.4. The maximum absolute atomic E-state index is 12.2. The van der Waals surface area contributed by atoms with Gasteiger partial charge in [-0.25, -0.2) is 0 Å². The summed E-state index contributed by atoms with van der Waals surface area (Å²) in [5, 5.41) is 3.56. The number of nitrogens with two attached hydrogens (primary N) is 1. The summed E-state index contributed by atoms with van der Waals surface area (Å²) >= 11 is 11.9. The van der Waals surface area contributed by atoms with Gasteiger partial charge < -0.3 is 16.0 Å². The minimum Gasteiger partial charge on any atom is -0.333 e. The first-order valence-corrected chi connectivity index (χ1v) is 8.37. The monoisotopic (exact) mass is 359 g/mol. The Bertz CT molecular complexity index is 550. The Hall–Kier alpha value is -1.30. The fourth-order valence-electron chi connectivity index (χ4n) is 2.03. The number of nitrogens with zero attached hydrogens (tertiary/aromatic N) is 1. The van der Waals surface area contributed by atoms with Crippen molar-refractivity contribution in [3.8, 4) is 0 Å². The quantitative estimate of drug-likeness (QED) is 0.747. The molecule has 23 heavy (non-hydrogen) atoms. The summed E-state index contributed by atoms with van der Waals surface area (Å²) < 4.78 is 0. The number of nitrogens with one attached hydrogen (secondary N) is 1. The standard InChI is InChI=1S/C16H23Cl2N3O2/c1-3-8-21(16(23)7-4-11(2)19)10-15(22)20-14-9-12(17)5-6-13(14)18/h5-6,9,11H,3-4,7-8,10,19H2,1-2H3,(H,20,22). The Morgan fingerprint density at radius 3 is 2.65 bits per heavy atom. The van der Waals surface area contributed by atoms with Crippen LogP contribution in [0, 0.1) is 0 Å². The minimum absolute atomic E-state index is 0.0194. The van der Waals surface area contributed by atoms with E-state index in [1.54, 1.807) is 18.2 Å². The minimum atomic E-state index is -0.309. The van der Waals surface area contributed by atoms with Gasteiger partial charge in [0.2, 0.25) is 11.8 Å². The molecule has 1 rings (SSSR count). The average molecular weight is 360 g/mol. The number of benzene rings is 1. The third kappa shape index (κ3) is 7.20. The molecule has 0 spiro atoms. The number of carbonyl (C=O) groups is 2. The van der Waals surface area contributed by atoms with Crippen LogP contribution >= 0.6 is 23.2 Å². The van der Waals surface area contributed by atoms with Crippen LogP contribution in [0.5, 0.6) is 0 Å². The second-order valence-corrected chi connectivity index (χ2v) is 6.35. The fourth-order valence-corrected chi connectivity index (χ4v) is 2.36. The van der Waals surface area contributed by atoms with Gasteiger partial charge in [-0.2, -0.15) is 0 Å². The highest BCUT2D eigenvalue weighted by Gasteiger charge is 2.17. The first kappa shape index (κ1) is 19.7. The number of rotatable bonds is 8. The van der Waals surface area contributed by atoms with E-state index in [1.807, 2.05) is 13.8 Å². The highest BCUT2D eigenvalue weighted by molar-refractivity contribution is 6.35. The predicted octanol–water partition coefficient (Wildman–Crippen LogP) is 3.30. The fraction of sp³-hybridized carbons (Fsp3) is 0.500. The molecule has 0 aliphatic heterocycles. The summed E-state index contributed by atoms with van der Waals surface area (Å²) in [6.07, 6.45) is 1.71. The molecule has 1 atom stereocenters. The van der Waals surface area contributed by atoms with Crippen molar-refractivity contribution in [3.63, 3.8) is 0 Å². The zero-order valence-electron chi connectivity index (χ0n) is 13.4. The highest BCUT2D eigenvalue weighted by atomic mass is 35.5. The maximum Gasteiger partial charge on any atom is 0.244 e. The Labute approximate surface area is 147 Å². The Morgan fingerprint density at radius 2 is 2.04 bits per heavy atom. The van der Waals surface area contributed by atoms with Crippen LogP contribution in [-0.2, 0) is 9.59 Å². The van der Waals surface area contributed by atoms with Crippen molar-refractivity contribution in [2.45, 2.75) is 39.2 Å². The zero-order valence-corrected chi connectivity index (χ0v) is 15.0. The van der Waals surface area contributed by atoms with Gasteiger partial charge >= 0.3 is 0 Å². The molecule has 0 aromatic heterocycles. The van der Waals surface area contributed by atoms with Gasteiger partial charge in [-0.05, 0) is 38.0 Å². The molecule has 1 aromatic carbocycles. The van der Waals surface area contributed by atoms with E-state index < -0.39 is 0 Å². The molecule has 0 heterocycles. The predicted molar refractivity (Wildman–Crippen MR) is 94.8 cm³/mol. The second kappa shape index (κ2) is 9.75. The van der Waals surface area contributed by atoms with Crippen molar-refractivity contribution >= 4 is 40.7 Å². The van der Waals surface area contributed by atoms with Crippen LogP contribution < -0.4 is 11.1 Å².